The number of rotatable bonds is 3. The summed E-state index contributed by atoms with van der Waals surface area (Å²) >= 11 is 1.75. The molecule has 2 rings (SSSR count). The molecule has 98 valence electrons. The topological polar surface area (TPSA) is 49.3 Å². The molecule has 0 saturated heterocycles. The largest absolute Gasteiger partial charge is 0.507 e. The average Bonchev–Trinajstić information content (AvgIpc) is 2.76. The molecule has 2 N–H and O–H groups in total. The molecule has 3 nitrogen and oxygen atoms in total. The lowest BCUT2D eigenvalue weighted by molar-refractivity contribution is 0.0936. The van der Waals surface area contributed by atoms with Crippen LogP contribution in [-0.2, 0) is 0 Å². The van der Waals surface area contributed by atoms with Crippen LogP contribution in [0.4, 0.5) is 4.39 Å². The fourth-order valence-corrected chi connectivity index (χ4v) is 3.25. The van der Waals surface area contributed by atoms with E-state index in [0.717, 1.165) is 25.3 Å². The Bertz CT molecular complexity index is 453. The second-order valence-electron chi connectivity index (χ2n) is 4.45. The number of hydrogen-bond donors (Lipinski definition) is 2. The first-order valence-electron chi connectivity index (χ1n) is 5.94. The van der Waals surface area contributed by atoms with Crippen molar-refractivity contribution in [3.8, 4) is 5.75 Å². The molecule has 0 radical (unpaired) electrons. The molecule has 0 spiro atoms. The van der Waals surface area contributed by atoms with Gasteiger partial charge in [0.15, 0.2) is 0 Å². The molecule has 0 aliphatic heterocycles. The van der Waals surface area contributed by atoms with Crippen molar-refractivity contribution in [3.63, 3.8) is 0 Å². The summed E-state index contributed by atoms with van der Waals surface area (Å²) in [5.41, 5.74) is 0.128. The van der Waals surface area contributed by atoms with Crippen molar-refractivity contribution in [2.45, 2.75) is 30.6 Å². The van der Waals surface area contributed by atoms with Crippen molar-refractivity contribution in [3.05, 3.63) is 29.6 Å². The Balaban J connectivity index is 2.07. The van der Waals surface area contributed by atoms with Gasteiger partial charge in [-0.25, -0.2) is 4.39 Å². The predicted molar refractivity (Wildman–Crippen MR) is 70.5 cm³/mol. The minimum atomic E-state index is -0.549. The monoisotopic (exact) mass is 269 g/mol. The summed E-state index contributed by atoms with van der Waals surface area (Å²) in [6.45, 7) is 0. The molecule has 1 saturated carbocycles. The molecule has 1 amide bonds. The van der Waals surface area contributed by atoms with Crippen LogP contribution in [0.3, 0.4) is 0 Å². The van der Waals surface area contributed by atoms with E-state index in [1.807, 2.05) is 6.26 Å². The third kappa shape index (κ3) is 2.77. The van der Waals surface area contributed by atoms with Gasteiger partial charge >= 0.3 is 0 Å². The zero-order valence-corrected chi connectivity index (χ0v) is 11.0. The standard InChI is InChI=1S/C13H16FNO2S/c1-18-12-4-2-3-10(12)15-13(17)9-6-5-8(14)7-11(9)16/h5-7,10,12,16H,2-4H2,1H3,(H,15,17). The molecule has 0 bridgehead atoms. The van der Waals surface area contributed by atoms with Crippen LogP contribution in [0.25, 0.3) is 0 Å². The zero-order chi connectivity index (χ0) is 13.1. The zero-order valence-electron chi connectivity index (χ0n) is 10.1. The maximum atomic E-state index is 12.8. The number of phenols is 1. The van der Waals surface area contributed by atoms with E-state index in [-0.39, 0.29) is 23.3 Å². The number of halogens is 1. The highest BCUT2D eigenvalue weighted by Gasteiger charge is 2.28. The molecule has 0 heterocycles. The van der Waals surface area contributed by atoms with E-state index in [1.165, 1.54) is 12.1 Å². The number of amides is 1. The van der Waals surface area contributed by atoms with Crippen LogP contribution in [0.15, 0.2) is 18.2 Å². The van der Waals surface area contributed by atoms with Gasteiger partial charge in [-0.1, -0.05) is 6.42 Å². The van der Waals surface area contributed by atoms with Crippen LogP contribution in [-0.4, -0.2) is 28.6 Å². The Morgan fingerprint density at radius 3 is 2.94 bits per heavy atom. The van der Waals surface area contributed by atoms with Crippen molar-refractivity contribution in [1.29, 1.82) is 0 Å². The van der Waals surface area contributed by atoms with Crippen LogP contribution in [0.1, 0.15) is 29.6 Å². The highest BCUT2D eigenvalue weighted by molar-refractivity contribution is 7.99. The quantitative estimate of drug-likeness (QED) is 0.886. The number of carbonyl (C=O) groups is 1. The first-order chi connectivity index (χ1) is 8.61. The molecular formula is C13H16FNO2S. The lowest BCUT2D eigenvalue weighted by Crippen LogP contribution is -2.38. The lowest BCUT2D eigenvalue weighted by Gasteiger charge is -2.19. The van der Waals surface area contributed by atoms with Gasteiger partial charge < -0.3 is 10.4 Å². The van der Waals surface area contributed by atoms with Crippen LogP contribution < -0.4 is 5.32 Å². The van der Waals surface area contributed by atoms with E-state index in [9.17, 15) is 14.3 Å². The SMILES string of the molecule is CSC1CCCC1NC(=O)c1ccc(F)cc1O. The molecule has 1 aliphatic rings. The summed E-state index contributed by atoms with van der Waals surface area (Å²) in [4.78, 5) is 12.0. The fraction of sp³-hybridized carbons (Fsp3) is 0.462. The number of thioether (sulfide) groups is 1. The molecule has 2 unspecified atom stereocenters. The van der Waals surface area contributed by atoms with E-state index in [2.05, 4.69) is 5.32 Å². The maximum Gasteiger partial charge on any atom is 0.255 e. The predicted octanol–water partition coefficient (Wildman–Crippen LogP) is 2.55. The molecule has 2 atom stereocenters. The van der Waals surface area contributed by atoms with E-state index < -0.39 is 5.82 Å². The Morgan fingerprint density at radius 1 is 1.50 bits per heavy atom. The van der Waals surface area contributed by atoms with Gasteiger partial charge in [-0.3, -0.25) is 4.79 Å². The third-order valence-corrected chi connectivity index (χ3v) is 4.45. The van der Waals surface area contributed by atoms with Gasteiger partial charge in [0.05, 0.1) is 5.56 Å². The van der Waals surface area contributed by atoms with Gasteiger partial charge in [0.1, 0.15) is 11.6 Å². The Kier molecular flexibility index (Phi) is 4.11. The summed E-state index contributed by atoms with van der Waals surface area (Å²) in [6, 6.07) is 3.57. The average molecular weight is 269 g/mol. The third-order valence-electron chi connectivity index (χ3n) is 3.28. The van der Waals surface area contributed by atoms with Gasteiger partial charge in [-0.05, 0) is 31.2 Å². The minimum Gasteiger partial charge on any atom is -0.507 e. The van der Waals surface area contributed by atoms with Crippen molar-refractivity contribution in [2.24, 2.45) is 0 Å². The van der Waals surface area contributed by atoms with Crippen LogP contribution in [0.5, 0.6) is 5.75 Å². The Morgan fingerprint density at radius 2 is 2.28 bits per heavy atom. The number of benzene rings is 1. The number of carbonyl (C=O) groups excluding carboxylic acids is 1. The lowest BCUT2D eigenvalue weighted by atomic mass is 10.1. The van der Waals surface area contributed by atoms with Crippen LogP contribution in [0, 0.1) is 5.82 Å². The molecule has 1 aromatic rings. The van der Waals surface area contributed by atoms with E-state index in [1.54, 1.807) is 11.8 Å². The molecule has 5 heteroatoms. The van der Waals surface area contributed by atoms with Crippen molar-refractivity contribution in [1.82, 2.24) is 5.32 Å². The molecule has 1 aliphatic carbocycles. The van der Waals surface area contributed by atoms with E-state index in [0.29, 0.717) is 5.25 Å². The summed E-state index contributed by atoms with van der Waals surface area (Å²) in [5.74, 6) is -1.20. The van der Waals surface area contributed by atoms with Crippen molar-refractivity contribution in [2.75, 3.05) is 6.26 Å². The molecule has 0 aromatic heterocycles. The van der Waals surface area contributed by atoms with Crippen LogP contribution >= 0.6 is 11.8 Å². The molecule has 1 aromatic carbocycles. The maximum absolute atomic E-state index is 12.8. The van der Waals surface area contributed by atoms with Gasteiger partial charge in [0.2, 0.25) is 0 Å². The van der Waals surface area contributed by atoms with Crippen molar-refractivity contribution >= 4 is 17.7 Å². The summed E-state index contributed by atoms with van der Waals surface area (Å²) in [5, 5.41) is 12.9. The smallest absolute Gasteiger partial charge is 0.255 e. The molecule has 1 fully saturated rings. The number of aromatic hydroxyl groups is 1. The minimum absolute atomic E-state index is 0.128. The number of nitrogens with one attached hydrogen (secondary N) is 1. The highest BCUT2D eigenvalue weighted by Crippen LogP contribution is 2.29. The second-order valence-corrected chi connectivity index (χ2v) is 5.52. The summed E-state index contributed by atoms with van der Waals surface area (Å²) in [6.07, 6.45) is 5.19. The summed E-state index contributed by atoms with van der Waals surface area (Å²) < 4.78 is 12.8. The Labute approximate surface area is 110 Å². The molecule has 18 heavy (non-hydrogen) atoms. The van der Waals surface area contributed by atoms with E-state index >= 15 is 0 Å². The number of phenolic OH excluding ortho intramolecular Hbond substituents is 1. The number of hydrogen-bond acceptors (Lipinski definition) is 3. The van der Waals surface area contributed by atoms with E-state index in [4.69, 9.17) is 0 Å². The Hall–Kier alpha value is -1.23. The van der Waals surface area contributed by atoms with Gasteiger partial charge in [-0.15, -0.1) is 0 Å². The highest BCUT2D eigenvalue weighted by atomic mass is 32.2. The summed E-state index contributed by atoms with van der Waals surface area (Å²) in [7, 11) is 0. The van der Waals surface area contributed by atoms with Gasteiger partial charge in [0.25, 0.3) is 5.91 Å². The normalized spacial score (nSPS) is 23.0. The fourth-order valence-electron chi connectivity index (χ4n) is 2.32. The van der Waals surface area contributed by atoms with Gasteiger partial charge in [0, 0.05) is 17.4 Å². The molecular weight excluding hydrogens is 253 g/mol. The van der Waals surface area contributed by atoms with Crippen LogP contribution in [0.2, 0.25) is 0 Å². The first kappa shape index (κ1) is 13.2. The van der Waals surface area contributed by atoms with Gasteiger partial charge in [-0.2, -0.15) is 11.8 Å². The first-order valence-corrected chi connectivity index (χ1v) is 7.23. The van der Waals surface area contributed by atoms with Crippen molar-refractivity contribution < 1.29 is 14.3 Å². The second kappa shape index (κ2) is 5.61.